The Balaban J connectivity index is 2.05. The van der Waals surface area contributed by atoms with Crippen molar-refractivity contribution in [2.24, 2.45) is 0 Å². The number of methoxy groups -OCH3 is 1. The summed E-state index contributed by atoms with van der Waals surface area (Å²) in [6.07, 6.45) is 0.00772. The number of morpholine rings is 1. The van der Waals surface area contributed by atoms with Crippen molar-refractivity contribution in [3.63, 3.8) is 0 Å². The number of ether oxygens (including phenoxy) is 2. The standard InChI is InChI=1S/C21H23NO4S/c1-15-5-7-16(8-6-15)20(18-4-3-13-27-18)17(21(24)25-2)14-19(23)22-9-11-26-12-10-22/h3-8,13H,9-12,14H2,1-2H3/b20-17+. The van der Waals surface area contributed by atoms with Crippen LogP contribution in [0, 0.1) is 6.92 Å². The van der Waals surface area contributed by atoms with Gasteiger partial charge in [-0.2, -0.15) is 0 Å². The van der Waals surface area contributed by atoms with Crippen LogP contribution in [0.1, 0.15) is 22.4 Å². The molecule has 0 spiro atoms. The first kappa shape index (κ1) is 19.3. The molecule has 2 heterocycles. The predicted octanol–water partition coefficient (Wildman–Crippen LogP) is 3.28. The van der Waals surface area contributed by atoms with E-state index in [9.17, 15) is 9.59 Å². The van der Waals surface area contributed by atoms with Crippen LogP contribution in [0.15, 0.2) is 47.4 Å². The van der Waals surface area contributed by atoms with Gasteiger partial charge in [-0.05, 0) is 23.9 Å². The number of aryl methyl sites for hydroxylation is 1. The lowest BCUT2D eigenvalue weighted by Gasteiger charge is -2.27. The summed E-state index contributed by atoms with van der Waals surface area (Å²) in [5.41, 5.74) is 3.19. The molecule has 1 aromatic heterocycles. The van der Waals surface area contributed by atoms with Crippen LogP contribution in [0.4, 0.5) is 0 Å². The van der Waals surface area contributed by atoms with E-state index >= 15 is 0 Å². The van der Waals surface area contributed by atoms with E-state index in [1.165, 1.54) is 18.4 Å². The summed E-state index contributed by atoms with van der Waals surface area (Å²) in [7, 11) is 1.35. The number of nitrogens with zero attached hydrogens (tertiary/aromatic N) is 1. The highest BCUT2D eigenvalue weighted by atomic mass is 32.1. The molecule has 0 bridgehead atoms. The summed E-state index contributed by atoms with van der Waals surface area (Å²) in [5.74, 6) is -0.555. The maximum atomic E-state index is 12.8. The van der Waals surface area contributed by atoms with Crippen molar-refractivity contribution in [1.82, 2.24) is 4.90 Å². The van der Waals surface area contributed by atoms with Crippen molar-refractivity contribution < 1.29 is 19.1 Å². The van der Waals surface area contributed by atoms with Crippen LogP contribution in [0.3, 0.4) is 0 Å². The fraction of sp³-hybridized carbons (Fsp3) is 0.333. The smallest absolute Gasteiger partial charge is 0.334 e. The molecule has 1 fully saturated rings. The number of carbonyl (C=O) groups is 2. The Bertz CT molecular complexity index is 818. The van der Waals surface area contributed by atoms with Gasteiger partial charge in [0.15, 0.2) is 0 Å². The van der Waals surface area contributed by atoms with Gasteiger partial charge in [0.25, 0.3) is 0 Å². The van der Waals surface area contributed by atoms with Crippen LogP contribution in [-0.2, 0) is 19.1 Å². The molecular weight excluding hydrogens is 362 g/mol. The zero-order valence-electron chi connectivity index (χ0n) is 15.6. The highest BCUT2D eigenvalue weighted by molar-refractivity contribution is 7.11. The summed E-state index contributed by atoms with van der Waals surface area (Å²) in [4.78, 5) is 28.1. The van der Waals surface area contributed by atoms with Crippen LogP contribution in [0.25, 0.3) is 5.57 Å². The molecule has 1 aromatic carbocycles. The number of hydrogen-bond acceptors (Lipinski definition) is 5. The first-order valence-electron chi connectivity index (χ1n) is 8.88. The largest absolute Gasteiger partial charge is 0.466 e. The van der Waals surface area contributed by atoms with E-state index in [-0.39, 0.29) is 12.3 Å². The quantitative estimate of drug-likeness (QED) is 0.585. The third-order valence-electron chi connectivity index (χ3n) is 4.53. The molecule has 5 nitrogen and oxygen atoms in total. The average molecular weight is 385 g/mol. The van der Waals surface area contributed by atoms with Gasteiger partial charge in [-0.15, -0.1) is 11.3 Å². The summed E-state index contributed by atoms with van der Waals surface area (Å²) in [5, 5.41) is 1.96. The monoisotopic (exact) mass is 385 g/mol. The lowest BCUT2D eigenvalue weighted by Crippen LogP contribution is -2.41. The van der Waals surface area contributed by atoms with Gasteiger partial charge in [0, 0.05) is 23.5 Å². The average Bonchev–Trinajstić information content (AvgIpc) is 3.23. The molecule has 1 amide bonds. The molecule has 6 heteroatoms. The Morgan fingerprint density at radius 1 is 1.15 bits per heavy atom. The first-order chi connectivity index (χ1) is 13.1. The van der Waals surface area contributed by atoms with Crippen molar-refractivity contribution in [2.45, 2.75) is 13.3 Å². The second-order valence-electron chi connectivity index (χ2n) is 6.36. The molecule has 1 aliphatic rings. The molecule has 27 heavy (non-hydrogen) atoms. The van der Waals surface area contributed by atoms with Crippen molar-refractivity contribution in [2.75, 3.05) is 33.4 Å². The third-order valence-corrected chi connectivity index (χ3v) is 5.42. The summed E-state index contributed by atoms with van der Waals surface area (Å²) < 4.78 is 10.4. The number of amides is 1. The van der Waals surface area contributed by atoms with E-state index in [2.05, 4.69) is 0 Å². The van der Waals surface area contributed by atoms with Gasteiger partial charge in [-0.1, -0.05) is 35.9 Å². The summed E-state index contributed by atoms with van der Waals surface area (Å²) >= 11 is 1.54. The van der Waals surface area contributed by atoms with Crippen LogP contribution in [0.2, 0.25) is 0 Å². The van der Waals surface area contributed by atoms with Crippen molar-refractivity contribution >= 4 is 28.8 Å². The SMILES string of the molecule is COC(=O)/C(CC(=O)N1CCOCC1)=C(\c1ccc(C)cc1)c1cccs1. The van der Waals surface area contributed by atoms with E-state index in [0.717, 1.165) is 21.6 Å². The number of esters is 1. The number of carbonyl (C=O) groups excluding carboxylic acids is 2. The maximum absolute atomic E-state index is 12.8. The molecule has 0 N–H and O–H groups in total. The Morgan fingerprint density at radius 3 is 2.44 bits per heavy atom. The van der Waals surface area contributed by atoms with Crippen LogP contribution in [0.5, 0.6) is 0 Å². The van der Waals surface area contributed by atoms with Gasteiger partial charge in [0.1, 0.15) is 0 Å². The summed E-state index contributed by atoms with van der Waals surface area (Å²) in [6.45, 7) is 4.16. The first-order valence-corrected chi connectivity index (χ1v) is 9.76. The fourth-order valence-corrected chi connectivity index (χ4v) is 3.89. The van der Waals surface area contributed by atoms with Crippen molar-refractivity contribution in [1.29, 1.82) is 0 Å². The molecular formula is C21H23NO4S. The number of benzene rings is 1. The van der Waals surface area contributed by atoms with E-state index in [1.54, 1.807) is 4.90 Å². The van der Waals surface area contributed by atoms with Crippen LogP contribution < -0.4 is 0 Å². The Labute approximate surface area is 163 Å². The molecule has 1 aliphatic heterocycles. The molecule has 0 radical (unpaired) electrons. The molecule has 3 rings (SSSR count). The predicted molar refractivity (Wildman–Crippen MR) is 106 cm³/mol. The summed E-state index contributed by atoms with van der Waals surface area (Å²) in [6, 6.07) is 11.9. The van der Waals surface area contributed by atoms with Gasteiger partial charge in [0.05, 0.1) is 32.3 Å². The minimum absolute atomic E-state index is 0.00772. The minimum Gasteiger partial charge on any atom is -0.466 e. The van der Waals surface area contributed by atoms with E-state index in [1.807, 2.05) is 48.7 Å². The van der Waals surface area contributed by atoms with E-state index in [0.29, 0.717) is 31.9 Å². The Hall–Kier alpha value is -2.44. The fourth-order valence-electron chi connectivity index (χ4n) is 3.07. The molecule has 0 atom stereocenters. The second-order valence-corrected chi connectivity index (χ2v) is 7.31. The Morgan fingerprint density at radius 2 is 1.85 bits per heavy atom. The number of rotatable bonds is 5. The van der Waals surface area contributed by atoms with Gasteiger partial charge in [-0.3, -0.25) is 4.79 Å². The maximum Gasteiger partial charge on any atom is 0.334 e. The zero-order valence-corrected chi connectivity index (χ0v) is 16.4. The lowest BCUT2D eigenvalue weighted by atomic mass is 9.95. The van der Waals surface area contributed by atoms with E-state index in [4.69, 9.17) is 9.47 Å². The topological polar surface area (TPSA) is 55.8 Å². The number of hydrogen-bond donors (Lipinski definition) is 0. The van der Waals surface area contributed by atoms with E-state index < -0.39 is 5.97 Å². The third kappa shape index (κ3) is 4.64. The van der Waals surface area contributed by atoms with Gasteiger partial charge >= 0.3 is 5.97 Å². The van der Waals surface area contributed by atoms with Gasteiger partial charge in [0.2, 0.25) is 5.91 Å². The number of thiophene rings is 1. The zero-order chi connectivity index (χ0) is 19.2. The highest BCUT2D eigenvalue weighted by Gasteiger charge is 2.26. The van der Waals surface area contributed by atoms with Gasteiger partial charge in [-0.25, -0.2) is 4.79 Å². The van der Waals surface area contributed by atoms with Crippen LogP contribution >= 0.6 is 11.3 Å². The highest BCUT2D eigenvalue weighted by Crippen LogP contribution is 2.32. The van der Waals surface area contributed by atoms with Crippen molar-refractivity contribution in [3.8, 4) is 0 Å². The molecule has 0 aliphatic carbocycles. The van der Waals surface area contributed by atoms with Crippen LogP contribution in [-0.4, -0.2) is 50.2 Å². The molecule has 0 saturated carbocycles. The molecule has 142 valence electrons. The minimum atomic E-state index is -0.472. The lowest BCUT2D eigenvalue weighted by molar-refractivity contribution is -0.140. The molecule has 0 unspecified atom stereocenters. The van der Waals surface area contributed by atoms with Crippen molar-refractivity contribution in [3.05, 3.63) is 63.4 Å². The second kappa shape index (κ2) is 8.97. The normalized spacial score (nSPS) is 15.3. The molecule has 1 saturated heterocycles. The molecule has 2 aromatic rings. The Kier molecular flexibility index (Phi) is 6.42. The van der Waals surface area contributed by atoms with Gasteiger partial charge < -0.3 is 14.4 Å².